The van der Waals surface area contributed by atoms with E-state index < -0.39 is 36.0 Å². The average molecular weight is 447 g/mol. The number of rotatable bonds is 8. The molecule has 3 aromatic rings. The lowest BCUT2D eigenvalue weighted by atomic mass is 10.1. The van der Waals surface area contributed by atoms with Gasteiger partial charge in [0.2, 0.25) is 12.2 Å². The molecule has 168 valence electrons. The second-order valence-electron chi connectivity index (χ2n) is 7.08. The molecule has 8 heteroatoms. The minimum absolute atomic E-state index is 0.0796. The van der Waals surface area contributed by atoms with Gasteiger partial charge in [0.1, 0.15) is 0 Å². The first kappa shape index (κ1) is 23.2. The van der Waals surface area contributed by atoms with E-state index in [1.807, 2.05) is 13.0 Å². The Morgan fingerprint density at radius 2 is 1.24 bits per heavy atom. The Balaban J connectivity index is 1.90. The fourth-order valence-electron chi connectivity index (χ4n) is 2.95. The first-order valence-electron chi connectivity index (χ1n) is 9.97. The predicted octanol–water partition coefficient (Wildman–Crippen LogP) is 3.47. The Bertz CT molecular complexity index is 1150. The van der Waals surface area contributed by atoms with Crippen LogP contribution in [0.15, 0.2) is 84.9 Å². The summed E-state index contributed by atoms with van der Waals surface area (Å²) in [4.78, 5) is 50.1. The van der Waals surface area contributed by atoms with Crippen LogP contribution >= 0.6 is 0 Å². The van der Waals surface area contributed by atoms with Gasteiger partial charge in [-0.1, -0.05) is 48.5 Å². The zero-order chi connectivity index (χ0) is 23.8. The number of benzene rings is 3. The molecule has 8 nitrogen and oxygen atoms in total. The zero-order valence-electron chi connectivity index (χ0n) is 17.6. The van der Waals surface area contributed by atoms with Gasteiger partial charge in [-0.3, -0.25) is 4.79 Å². The second-order valence-corrected chi connectivity index (χ2v) is 7.08. The van der Waals surface area contributed by atoms with Crippen LogP contribution in [-0.4, -0.2) is 41.1 Å². The van der Waals surface area contributed by atoms with Crippen LogP contribution in [0.4, 0.5) is 5.69 Å². The van der Waals surface area contributed by atoms with Gasteiger partial charge in [-0.25, -0.2) is 14.4 Å². The summed E-state index contributed by atoms with van der Waals surface area (Å²) in [6.45, 7) is 1.81. The standard InChI is InChI=1S/C25H21NO7/c1-16-9-8-14-19(15-16)26-22(27)20(32-24(30)17-10-4-2-5-11-17)21(23(28)29)33-25(31)18-12-6-3-7-13-18/h2-15,20-21H,1H3,(H,26,27)(H,28,29)/t20-,21-/m0/s1. The van der Waals surface area contributed by atoms with E-state index in [0.29, 0.717) is 5.69 Å². The van der Waals surface area contributed by atoms with Crippen LogP contribution in [0.25, 0.3) is 0 Å². The van der Waals surface area contributed by atoms with E-state index in [4.69, 9.17) is 9.47 Å². The van der Waals surface area contributed by atoms with E-state index in [9.17, 15) is 24.3 Å². The molecule has 3 aromatic carbocycles. The summed E-state index contributed by atoms with van der Waals surface area (Å²) in [5, 5.41) is 12.3. The third kappa shape index (κ3) is 6.27. The second kappa shape index (κ2) is 10.7. The van der Waals surface area contributed by atoms with Gasteiger partial charge in [-0.15, -0.1) is 0 Å². The number of carbonyl (C=O) groups excluding carboxylic acids is 3. The number of carbonyl (C=O) groups is 4. The number of aliphatic carboxylic acids is 1. The molecule has 0 radical (unpaired) electrons. The summed E-state index contributed by atoms with van der Waals surface area (Å²) in [5.74, 6) is -4.53. The first-order valence-corrected chi connectivity index (χ1v) is 9.97. The highest BCUT2D eigenvalue weighted by Crippen LogP contribution is 2.16. The Kier molecular flexibility index (Phi) is 7.54. The number of amides is 1. The van der Waals surface area contributed by atoms with Crippen molar-refractivity contribution in [3.8, 4) is 0 Å². The molecule has 0 saturated carbocycles. The topological polar surface area (TPSA) is 119 Å². The molecule has 2 N–H and O–H groups in total. The number of anilines is 1. The van der Waals surface area contributed by atoms with E-state index in [-0.39, 0.29) is 11.1 Å². The summed E-state index contributed by atoms with van der Waals surface area (Å²) in [5.41, 5.74) is 1.38. The minimum Gasteiger partial charge on any atom is -0.478 e. The molecule has 0 bridgehead atoms. The molecule has 33 heavy (non-hydrogen) atoms. The number of hydrogen-bond donors (Lipinski definition) is 2. The summed E-state index contributed by atoms with van der Waals surface area (Å²) in [6.07, 6.45) is -4.04. The molecule has 1 amide bonds. The van der Waals surface area contributed by atoms with Crippen LogP contribution in [0.1, 0.15) is 26.3 Å². The van der Waals surface area contributed by atoms with E-state index in [2.05, 4.69) is 5.32 Å². The third-order valence-corrected chi connectivity index (χ3v) is 4.55. The monoisotopic (exact) mass is 447 g/mol. The van der Waals surface area contributed by atoms with Gasteiger partial charge in [0.15, 0.2) is 0 Å². The SMILES string of the molecule is Cc1cccc(NC(=O)[C@@H](OC(=O)c2ccccc2)[C@H](OC(=O)c2ccccc2)C(=O)O)c1. The molecule has 0 unspecified atom stereocenters. The minimum atomic E-state index is -2.09. The van der Waals surface area contributed by atoms with Crippen molar-refractivity contribution in [3.63, 3.8) is 0 Å². The van der Waals surface area contributed by atoms with E-state index in [0.717, 1.165) is 5.56 Å². The molecular formula is C25H21NO7. The number of ether oxygens (including phenoxy) is 2. The maximum Gasteiger partial charge on any atom is 0.349 e. The molecule has 0 aliphatic carbocycles. The number of carboxylic acid groups (broad SMARTS) is 1. The predicted molar refractivity (Wildman–Crippen MR) is 119 cm³/mol. The molecule has 0 aliphatic heterocycles. The Morgan fingerprint density at radius 1 is 0.727 bits per heavy atom. The van der Waals surface area contributed by atoms with E-state index in [1.165, 1.54) is 24.3 Å². The Morgan fingerprint density at radius 3 is 1.73 bits per heavy atom. The normalized spacial score (nSPS) is 12.2. The van der Waals surface area contributed by atoms with Gasteiger partial charge in [-0.05, 0) is 48.9 Å². The van der Waals surface area contributed by atoms with Crippen LogP contribution in [0, 0.1) is 6.92 Å². The van der Waals surface area contributed by atoms with Gasteiger partial charge in [0.05, 0.1) is 11.1 Å². The van der Waals surface area contributed by atoms with Crippen molar-refractivity contribution in [2.75, 3.05) is 5.32 Å². The van der Waals surface area contributed by atoms with Crippen LogP contribution < -0.4 is 5.32 Å². The number of nitrogens with one attached hydrogen (secondary N) is 1. The molecule has 0 fully saturated rings. The fraction of sp³-hybridized carbons (Fsp3) is 0.120. The fourth-order valence-corrected chi connectivity index (χ4v) is 2.95. The molecule has 0 aromatic heterocycles. The number of carboxylic acids is 1. The maximum absolute atomic E-state index is 13.0. The smallest absolute Gasteiger partial charge is 0.349 e. The van der Waals surface area contributed by atoms with Gasteiger partial charge in [0, 0.05) is 5.69 Å². The van der Waals surface area contributed by atoms with Crippen molar-refractivity contribution in [2.45, 2.75) is 19.1 Å². The van der Waals surface area contributed by atoms with Gasteiger partial charge in [-0.2, -0.15) is 0 Å². The van der Waals surface area contributed by atoms with Crippen LogP contribution in [0.5, 0.6) is 0 Å². The molecule has 2 atom stereocenters. The van der Waals surface area contributed by atoms with Crippen molar-refractivity contribution in [2.24, 2.45) is 0 Å². The molecule has 3 rings (SSSR count). The zero-order valence-corrected chi connectivity index (χ0v) is 17.6. The van der Waals surface area contributed by atoms with Gasteiger partial charge in [0.25, 0.3) is 5.91 Å². The highest BCUT2D eigenvalue weighted by atomic mass is 16.6. The van der Waals surface area contributed by atoms with Gasteiger partial charge < -0.3 is 19.9 Å². The van der Waals surface area contributed by atoms with Crippen LogP contribution in [-0.2, 0) is 19.1 Å². The third-order valence-electron chi connectivity index (χ3n) is 4.55. The quantitative estimate of drug-likeness (QED) is 0.508. The molecule has 0 saturated heterocycles. The van der Waals surface area contributed by atoms with Gasteiger partial charge >= 0.3 is 17.9 Å². The van der Waals surface area contributed by atoms with E-state index >= 15 is 0 Å². The Hall–Kier alpha value is -4.46. The first-order chi connectivity index (χ1) is 15.8. The molecule has 0 aliphatic rings. The van der Waals surface area contributed by atoms with E-state index in [1.54, 1.807) is 54.6 Å². The lowest BCUT2D eigenvalue weighted by Gasteiger charge is -2.23. The van der Waals surface area contributed by atoms with Crippen LogP contribution in [0.2, 0.25) is 0 Å². The van der Waals surface area contributed by atoms with Crippen LogP contribution in [0.3, 0.4) is 0 Å². The summed E-state index contributed by atoms with van der Waals surface area (Å²) in [6, 6.07) is 22.2. The van der Waals surface area contributed by atoms with Crippen molar-refractivity contribution in [3.05, 3.63) is 102 Å². The lowest BCUT2D eigenvalue weighted by molar-refractivity contribution is -0.157. The average Bonchev–Trinajstić information content (AvgIpc) is 2.82. The molecule has 0 heterocycles. The number of esters is 2. The summed E-state index contributed by atoms with van der Waals surface area (Å²) >= 11 is 0. The van der Waals surface area contributed by atoms with Crippen molar-refractivity contribution in [1.82, 2.24) is 0 Å². The lowest BCUT2D eigenvalue weighted by Crippen LogP contribution is -2.48. The van der Waals surface area contributed by atoms with Crippen molar-refractivity contribution in [1.29, 1.82) is 0 Å². The summed E-state index contributed by atoms with van der Waals surface area (Å²) in [7, 11) is 0. The highest BCUT2D eigenvalue weighted by Gasteiger charge is 2.41. The summed E-state index contributed by atoms with van der Waals surface area (Å²) < 4.78 is 10.4. The highest BCUT2D eigenvalue weighted by molar-refractivity contribution is 6.01. The number of aryl methyl sites for hydroxylation is 1. The Labute approximate surface area is 189 Å². The van der Waals surface area contributed by atoms with Crippen molar-refractivity contribution < 1.29 is 33.8 Å². The van der Waals surface area contributed by atoms with Crippen molar-refractivity contribution >= 4 is 29.5 Å². The largest absolute Gasteiger partial charge is 0.478 e. The molecule has 0 spiro atoms. The molecular weight excluding hydrogens is 426 g/mol. The number of hydrogen-bond acceptors (Lipinski definition) is 6. The maximum atomic E-state index is 13.0.